The van der Waals surface area contributed by atoms with Gasteiger partial charge in [-0.15, -0.1) is 0 Å². The molecule has 0 fully saturated rings. The smallest absolute Gasteiger partial charge is 0.173 e. The molecule has 0 radical (unpaired) electrons. The normalized spacial score (nSPS) is 12.6. The Kier molecular flexibility index (Phi) is 4.64. The lowest BCUT2D eigenvalue weighted by molar-refractivity contribution is 0.518. The predicted molar refractivity (Wildman–Crippen MR) is 81.1 cm³/mol. The maximum atomic E-state index is 5.28. The zero-order valence-electron chi connectivity index (χ0n) is 9.41. The van der Waals surface area contributed by atoms with Gasteiger partial charge in [-0.05, 0) is 75.8 Å². The third kappa shape index (κ3) is 3.33. The molecular weight excluding hydrogens is 393 g/mol. The average Bonchev–Trinajstić information content (AvgIpc) is 2.75. The molecule has 0 aliphatic carbocycles. The van der Waals surface area contributed by atoms with Crippen LogP contribution in [0.4, 0.5) is 0 Å². The highest BCUT2D eigenvalue weighted by molar-refractivity contribution is 14.1. The van der Waals surface area contributed by atoms with Crippen molar-refractivity contribution in [1.29, 1.82) is 0 Å². The van der Waals surface area contributed by atoms with Crippen LogP contribution in [0.2, 0.25) is 0 Å². The Balaban J connectivity index is 2.16. The van der Waals surface area contributed by atoms with E-state index in [9.17, 15) is 0 Å². The second kappa shape index (κ2) is 6.02. The zero-order valence-corrected chi connectivity index (χ0v) is 13.2. The van der Waals surface area contributed by atoms with Gasteiger partial charge in [0.1, 0.15) is 0 Å². The van der Waals surface area contributed by atoms with Gasteiger partial charge in [-0.2, -0.15) is 0 Å². The van der Waals surface area contributed by atoms with Gasteiger partial charge >= 0.3 is 0 Å². The van der Waals surface area contributed by atoms with E-state index in [2.05, 4.69) is 68.1 Å². The Bertz CT molecular complexity index is 480. The lowest BCUT2D eigenvalue weighted by atomic mass is 10.0. The van der Waals surface area contributed by atoms with Gasteiger partial charge in [-0.3, -0.25) is 0 Å². The van der Waals surface area contributed by atoms with Gasteiger partial charge in [0.05, 0.1) is 6.26 Å². The highest BCUT2D eigenvalue weighted by Gasteiger charge is 2.15. The van der Waals surface area contributed by atoms with Crippen LogP contribution < -0.4 is 5.32 Å². The molecule has 1 N–H and O–H groups in total. The van der Waals surface area contributed by atoms with E-state index in [1.807, 2.05) is 13.1 Å². The van der Waals surface area contributed by atoms with Crippen molar-refractivity contribution in [3.63, 3.8) is 0 Å². The Labute approximate surface area is 123 Å². The molecular formula is C13H13BrINO. The molecule has 0 amide bonds. The molecule has 1 atom stereocenters. The van der Waals surface area contributed by atoms with E-state index in [1.54, 1.807) is 6.26 Å². The van der Waals surface area contributed by atoms with Crippen molar-refractivity contribution < 1.29 is 4.42 Å². The summed E-state index contributed by atoms with van der Waals surface area (Å²) in [4.78, 5) is 0. The van der Waals surface area contributed by atoms with Crippen LogP contribution in [-0.2, 0) is 6.42 Å². The summed E-state index contributed by atoms with van der Waals surface area (Å²) >= 11 is 5.74. The molecule has 2 rings (SSSR count). The third-order valence-corrected chi connectivity index (χ3v) is 4.09. The number of rotatable bonds is 4. The van der Waals surface area contributed by atoms with Crippen LogP contribution in [0.5, 0.6) is 0 Å². The van der Waals surface area contributed by atoms with Gasteiger partial charge in [0.15, 0.2) is 4.67 Å². The molecule has 0 saturated heterocycles. The Morgan fingerprint density at radius 3 is 2.53 bits per heavy atom. The number of likely N-dealkylation sites (N-methyl/N-ethyl adjacent to an activating group) is 1. The van der Waals surface area contributed by atoms with E-state index in [-0.39, 0.29) is 6.04 Å². The van der Waals surface area contributed by atoms with Gasteiger partial charge in [-0.25, -0.2) is 0 Å². The van der Waals surface area contributed by atoms with Gasteiger partial charge in [-0.1, -0.05) is 12.1 Å². The van der Waals surface area contributed by atoms with Gasteiger partial charge in [0.25, 0.3) is 0 Å². The lowest BCUT2D eigenvalue weighted by Crippen LogP contribution is -2.18. The van der Waals surface area contributed by atoms with Crippen molar-refractivity contribution in [2.24, 2.45) is 0 Å². The first-order chi connectivity index (χ1) is 8.20. The summed E-state index contributed by atoms with van der Waals surface area (Å²) in [6.07, 6.45) is 2.66. The maximum Gasteiger partial charge on any atom is 0.173 e. The quantitative estimate of drug-likeness (QED) is 0.773. The van der Waals surface area contributed by atoms with E-state index in [0.717, 1.165) is 16.7 Å². The van der Waals surface area contributed by atoms with E-state index < -0.39 is 0 Å². The van der Waals surface area contributed by atoms with E-state index in [1.165, 1.54) is 9.13 Å². The molecule has 17 heavy (non-hydrogen) atoms. The summed E-state index contributed by atoms with van der Waals surface area (Å²) in [5.41, 5.74) is 2.48. The molecule has 1 heterocycles. The van der Waals surface area contributed by atoms with E-state index >= 15 is 0 Å². The molecule has 0 spiro atoms. The minimum atomic E-state index is 0.267. The van der Waals surface area contributed by atoms with Gasteiger partial charge in [0, 0.05) is 15.2 Å². The number of hydrogen-bond donors (Lipinski definition) is 1. The standard InChI is InChI=1S/C13H13BrINO/c1-16-12(11-6-7-17-13(11)14)8-9-2-4-10(15)5-3-9/h2-7,12,16H,8H2,1H3. The highest BCUT2D eigenvalue weighted by Crippen LogP contribution is 2.27. The molecule has 2 aromatic rings. The van der Waals surface area contributed by atoms with E-state index in [0.29, 0.717) is 0 Å². The van der Waals surface area contributed by atoms with E-state index in [4.69, 9.17) is 4.42 Å². The molecule has 0 saturated carbocycles. The summed E-state index contributed by atoms with van der Waals surface area (Å²) < 4.78 is 7.35. The second-order valence-corrected chi connectivity index (χ2v) is 5.79. The van der Waals surface area contributed by atoms with Crippen molar-refractivity contribution in [2.75, 3.05) is 7.05 Å². The SMILES string of the molecule is CNC(Cc1ccc(I)cc1)c1ccoc1Br. The molecule has 1 aromatic heterocycles. The number of furan rings is 1. The summed E-state index contributed by atoms with van der Waals surface area (Å²) in [5.74, 6) is 0. The fourth-order valence-electron chi connectivity index (χ4n) is 1.78. The van der Waals surface area contributed by atoms with Crippen LogP contribution in [0.15, 0.2) is 45.7 Å². The minimum Gasteiger partial charge on any atom is -0.457 e. The van der Waals surface area contributed by atoms with Crippen LogP contribution in [0.25, 0.3) is 0 Å². The molecule has 2 nitrogen and oxygen atoms in total. The predicted octanol–water partition coefficient (Wildman–Crippen LogP) is 4.15. The summed E-state index contributed by atoms with van der Waals surface area (Å²) in [6.45, 7) is 0. The highest BCUT2D eigenvalue weighted by atomic mass is 127. The molecule has 0 bridgehead atoms. The van der Waals surface area contributed by atoms with Crippen molar-refractivity contribution in [2.45, 2.75) is 12.5 Å². The van der Waals surface area contributed by atoms with Gasteiger partial charge in [0.2, 0.25) is 0 Å². The van der Waals surface area contributed by atoms with Crippen molar-refractivity contribution >= 4 is 38.5 Å². The van der Waals surface area contributed by atoms with Crippen LogP contribution in [0.3, 0.4) is 0 Å². The van der Waals surface area contributed by atoms with Crippen molar-refractivity contribution in [1.82, 2.24) is 5.32 Å². The third-order valence-electron chi connectivity index (χ3n) is 2.72. The lowest BCUT2D eigenvalue weighted by Gasteiger charge is -2.15. The van der Waals surface area contributed by atoms with Gasteiger partial charge < -0.3 is 9.73 Å². The fraction of sp³-hybridized carbons (Fsp3) is 0.231. The first-order valence-electron chi connectivity index (χ1n) is 5.35. The van der Waals surface area contributed by atoms with Crippen LogP contribution in [0, 0.1) is 3.57 Å². The zero-order chi connectivity index (χ0) is 12.3. The van der Waals surface area contributed by atoms with Crippen molar-refractivity contribution in [3.8, 4) is 0 Å². The fourth-order valence-corrected chi connectivity index (χ4v) is 2.65. The first kappa shape index (κ1) is 13.1. The number of halogens is 2. The largest absolute Gasteiger partial charge is 0.457 e. The summed E-state index contributed by atoms with van der Waals surface area (Å²) in [5, 5.41) is 3.32. The molecule has 1 unspecified atom stereocenters. The number of benzene rings is 1. The topological polar surface area (TPSA) is 25.2 Å². The van der Waals surface area contributed by atoms with Crippen molar-refractivity contribution in [3.05, 3.63) is 56.0 Å². The molecule has 0 aliphatic rings. The molecule has 1 aromatic carbocycles. The van der Waals surface area contributed by atoms with Crippen LogP contribution in [-0.4, -0.2) is 7.05 Å². The molecule has 90 valence electrons. The minimum absolute atomic E-state index is 0.267. The Morgan fingerprint density at radius 1 is 1.29 bits per heavy atom. The second-order valence-electron chi connectivity index (χ2n) is 3.82. The molecule has 4 heteroatoms. The Morgan fingerprint density at radius 2 is 2.00 bits per heavy atom. The summed E-state index contributed by atoms with van der Waals surface area (Å²) in [6, 6.07) is 10.9. The maximum absolute atomic E-state index is 5.28. The van der Waals surface area contributed by atoms with Crippen LogP contribution >= 0.6 is 38.5 Å². The first-order valence-corrected chi connectivity index (χ1v) is 7.22. The summed E-state index contributed by atoms with van der Waals surface area (Å²) in [7, 11) is 1.97. The monoisotopic (exact) mass is 405 g/mol. The molecule has 0 aliphatic heterocycles. The Hall–Kier alpha value is -0.330. The number of hydrogen-bond acceptors (Lipinski definition) is 2. The average molecular weight is 406 g/mol. The van der Waals surface area contributed by atoms with Crippen LogP contribution in [0.1, 0.15) is 17.2 Å². The number of nitrogens with one attached hydrogen (secondary N) is 1.